The van der Waals surface area contributed by atoms with E-state index >= 15 is 0 Å². The molecule has 0 aliphatic rings. The summed E-state index contributed by atoms with van der Waals surface area (Å²) < 4.78 is 39.2. The monoisotopic (exact) mass is 307 g/mol. The number of rotatable bonds is 5. The van der Waals surface area contributed by atoms with Crippen LogP contribution < -0.4 is 4.90 Å². The summed E-state index contributed by atoms with van der Waals surface area (Å²) in [5.74, 6) is 0.237. The van der Waals surface area contributed by atoms with Crippen molar-refractivity contribution in [2.24, 2.45) is 5.92 Å². The maximum absolute atomic E-state index is 13.1. The van der Waals surface area contributed by atoms with Gasteiger partial charge in [-0.3, -0.25) is 0 Å². The molecule has 114 valence electrons. The molecule has 0 saturated heterocycles. The summed E-state index contributed by atoms with van der Waals surface area (Å²) in [6.07, 6.45) is -4.37. The molecule has 0 fully saturated rings. The van der Waals surface area contributed by atoms with Crippen molar-refractivity contribution in [3.8, 4) is 0 Å². The second kappa shape index (κ2) is 6.70. The van der Waals surface area contributed by atoms with Crippen molar-refractivity contribution in [1.82, 2.24) is 0 Å². The zero-order valence-corrected chi connectivity index (χ0v) is 13.0. The normalized spacial score (nSPS) is 12.3. The van der Waals surface area contributed by atoms with Crippen LogP contribution in [0.5, 0.6) is 0 Å². The maximum Gasteiger partial charge on any atom is 0.416 e. The first kappa shape index (κ1) is 17.2. The predicted octanol–water partition coefficient (Wildman–Crippen LogP) is 5.32. The fourth-order valence-corrected chi connectivity index (χ4v) is 2.36. The highest BCUT2D eigenvalue weighted by atomic mass is 35.5. The molecular weight excluding hydrogens is 287 g/mol. The van der Waals surface area contributed by atoms with Gasteiger partial charge in [-0.15, -0.1) is 11.6 Å². The van der Waals surface area contributed by atoms with Crippen LogP contribution in [0.15, 0.2) is 18.2 Å². The molecule has 0 aliphatic carbocycles. The van der Waals surface area contributed by atoms with Gasteiger partial charge in [-0.2, -0.15) is 13.2 Å². The summed E-state index contributed by atoms with van der Waals surface area (Å²) >= 11 is 5.60. The standard InChI is InChI=1S/C15H21ClF3N/c1-10(2)9-20(11(3)4)13-6-5-12(8-16)14(7-13)15(17,18)19/h5-7,10-11H,8-9H2,1-4H3. The highest BCUT2D eigenvalue weighted by Crippen LogP contribution is 2.35. The highest BCUT2D eigenvalue weighted by molar-refractivity contribution is 6.17. The molecule has 0 aromatic heterocycles. The van der Waals surface area contributed by atoms with Gasteiger partial charge in [-0.25, -0.2) is 0 Å². The van der Waals surface area contributed by atoms with Crippen LogP contribution in [-0.2, 0) is 12.1 Å². The third-order valence-corrected chi connectivity index (χ3v) is 3.35. The Labute approximate surface area is 123 Å². The zero-order chi connectivity index (χ0) is 15.5. The number of hydrogen-bond acceptors (Lipinski definition) is 1. The Kier molecular flexibility index (Phi) is 5.75. The Morgan fingerprint density at radius 3 is 2.15 bits per heavy atom. The molecule has 1 nitrogen and oxygen atoms in total. The van der Waals surface area contributed by atoms with E-state index in [1.807, 2.05) is 32.6 Å². The molecule has 1 rings (SSSR count). The lowest BCUT2D eigenvalue weighted by Gasteiger charge is -2.31. The lowest BCUT2D eigenvalue weighted by atomic mass is 10.1. The lowest BCUT2D eigenvalue weighted by molar-refractivity contribution is -0.138. The Morgan fingerprint density at radius 2 is 1.75 bits per heavy atom. The van der Waals surface area contributed by atoms with Crippen molar-refractivity contribution < 1.29 is 13.2 Å². The van der Waals surface area contributed by atoms with Crippen LogP contribution in [0, 0.1) is 5.92 Å². The van der Waals surface area contributed by atoms with E-state index in [0.717, 1.165) is 6.54 Å². The average Bonchev–Trinajstić information content (AvgIpc) is 2.33. The molecular formula is C15H21ClF3N. The quantitative estimate of drug-likeness (QED) is 0.666. The van der Waals surface area contributed by atoms with Crippen LogP contribution in [-0.4, -0.2) is 12.6 Å². The Hall–Kier alpha value is -0.900. The van der Waals surface area contributed by atoms with Gasteiger partial charge in [0, 0.05) is 24.2 Å². The first-order valence-corrected chi connectivity index (χ1v) is 7.23. The van der Waals surface area contributed by atoms with Crippen molar-refractivity contribution >= 4 is 17.3 Å². The summed E-state index contributed by atoms with van der Waals surface area (Å²) in [5, 5.41) is 0. The van der Waals surface area contributed by atoms with Gasteiger partial charge in [-0.05, 0) is 37.5 Å². The van der Waals surface area contributed by atoms with Gasteiger partial charge >= 0.3 is 6.18 Å². The molecule has 20 heavy (non-hydrogen) atoms. The van der Waals surface area contributed by atoms with Crippen molar-refractivity contribution in [1.29, 1.82) is 0 Å². The second-order valence-electron chi connectivity index (χ2n) is 5.61. The predicted molar refractivity (Wildman–Crippen MR) is 78.3 cm³/mol. The Bertz CT molecular complexity index is 441. The van der Waals surface area contributed by atoms with Crippen molar-refractivity contribution in [2.45, 2.75) is 45.8 Å². The van der Waals surface area contributed by atoms with Crippen LogP contribution in [0.25, 0.3) is 0 Å². The molecule has 0 spiro atoms. The Balaban J connectivity index is 3.24. The van der Waals surface area contributed by atoms with E-state index in [1.54, 1.807) is 6.07 Å². The van der Waals surface area contributed by atoms with E-state index < -0.39 is 11.7 Å². The van der Waals surface area contributed by atoms with Crippen LogP contribution in [0.3, 0.4) is 0 Å². The summed E-state index contributed by atoms with van der Waals surface area (Å²) in [6.45, 7) is 8.77. The molecule has 0 aliphatic heterocycles. The van der Waals surface area contributed by atoms with E-state index in [4.69, 9.17) is 11.6 Å². The maximum atomic E-state index is 13.1. The first-order valence-electron chi connectivity index (χ1n) is 6.69. The molecule has 1 aromatic carbocycles. The van der Waals surface area contributed by atoms with E-state index in [9.17, 15) is 13.2 Å². The summed E-state index contributed by atoms with van der Waals surface area (Å²) in [7, 11) is 0. The fraction of sp³-hybridized carbons (Fsp3) is 0.600. The first-order chi connectivity index (χ1) is 9.16. The van der Waals surface area contributed by atoms with E-state index in [2.05, 4.69) is 0 Å². The van der Waals surface area contributed by atoms with Crippen molar-refractivity contribution in [2.75, 3.05) is 11.4 Å². The molecule has 0 heterocycles. The van der Waals surface area contributed by atoms with Crippen LogP contribution >= 0.6 is 11.6 Å². The molecule has 1 aromatic rings. The molecule has 0 N–H and O–H groups in total. The fourth-order valence-electron chi connectivity index (χ4n) is 2.13. The van der Waals surface area contributed by atoms with E-state index in [0.29, 0.717) is 11.6 Å². The molecule has 0 atom stereocenters. The molecule has 0 saturated carbocycles. The van der Waals surface area contributed by atoms with Crippen molar-refractivity contribution in [3.63, 3.8) is 0 Å². The third-order valence-electron chi connectivity index (χ3n) is 3.06. The minimum Gasteiger partial charge on any atom is -0.369 e. The minimum atomic E-state index is -4.37. The minimum absolute atomic E-state index is 0.121. The molecule has 0 bridgehead atoms. The van der Waals surface area contributed by atoms with Gasteiger partial charge in [-0.1, -0.05) is 19.9 Å². The van der Waals surface area contributed by atoms with E-state index in [1.165, 1.54) is 12.1 Å². The summed E-state index contributed by atoms with van der Waals surface area (Å²) in [6, 6.07) is 4.54. The second-order valence-corrected chi connectivity index (χ2v) is 5.88. The SMILES string of the molecule is CC(C)CN(c1ccc(CCl)c(C(F)(F)F)c1)C(C)C. The lowest BCUT2D eigenvalue weighted by Crippen LogP contribution is -2.34. The number of benzene rings is 1. The molecule has 0 radical (unpaired) electrons. The smallest absolute Gasteiger partial charge is 0.369 e. The number of anilines is 1. The van der Waals surface area contributed by atoms with Gasteiger partial charge in [0.1, 0.15) is 0 Å². The zero-order valence-electron chi connectivity index (χ0n) is 12.3. The van der Waals surface area contributed by atoms with Gasteiger partial charge in [0.2, 0.25) is 0 Å². The van der Waals surface area contributed by atoms with Crippen molar-refractivity contribution in [3.05, 3.63) is 29.3 Å². The van der Waals surface area contributed by atoms with Gasteiger partial charge < -0.3 is 4.90 Å². The van der Waals surface area contributed by atoms with Gasteiger partial charge in [0.25, 0.3) is 0 Å². The number of hydrogen-bond donors (Lipinski definition) is 0. The van der Waals surface area contributed by atoms with Gasteiger partial charge in [0.05, 0.1) is 5.56 Å². The van der Waals surface area contributed by atoms with Crippen LogP contribution in [0.2, 0.25) is 0 Å². The molecule has 0 unspecified atom stereocenters. The summed E-state index contributed by atoms with van der Waals surface area (Å²) in [4.78, 5) is 1.98. The number of alkyl halides is 4. The van der Waals surface area contributed by atoms with E-state index in [-0.39, 0.29) is 17.5 Å². The summed E-state index contributed by atoms with van der Waals surface area (Å²) in [5.41, 5.74) is 0.0745. The number of nitrogens with zero attached hydrogens (tertiary/aromatic N) is 1. The topological polar surface area (TPSA) is 3.24 Å². The largest absolute Gasteiger partial charge is 0.416 e. The highest BCUT2D eigenvalue weighted by Gasteiger charge is 2.33. The van der Waals surface area contributed by atoms with Crippen LogP contribution in [0.1, 0.15) is 38.8 Å². The van der Waals surface area contributed by atoms with Crippen LogP contribution in [0.4, 0.5) is 18.9 Å². The Morgan fingerprint density at radius 1 is 1.15 bits per heavy atom. The third kappa shape index (κ3) is 4.30. The number of halogens is 4. The average molecular weight is 308 g/mol. The molecule has 0 amide bonds. The van der Waals surface area contributed by atoms with Gasteiger partial charge in [0.15, 0.2) is 0 Å². The molecule has 5 heteroatoms.